The Hall–Kier alpha value is -7.15. The van der Waals surface area contributed by atoms with Crippen LogP contribution < -0.4 is 0 Å². The summed E-state index contributed by atoms with van der Waals surface area (Å²) in [5.41, 5.74) is 17.8. The summed E-state index contributed by atoms with van der Waals surface area (Å²) in [5.74, 6) is -0.0337. The van der Waals surface area contributed by atoms with Gasteiger partial charge >= 0.3 is 31.1 Å². The van der Waals surface area contributed by atoms with E-state index in [-0.39, 0.29) is 37.0 Å². The van der Waals surface area contributed by atoms with Crippen LogP contribution in [0, 0.1) is 43.2 Å². The fraction of sp³-hybridized carbons (Fsp3) is 0.0164. The molecule has 0 aliphatic heterocycles. The summed E-state index contributed by atoms with van der Waals surface area (Å²) in [6, 6.07) is 89.5. The predicted octanol–water partition coefficient (Wildman–Crippen LogP) is 16.1. The molecule has 0 N–H and O–H groups in total. The van der Waals surface area contributed by atoms with Crippen LogP contribution in [0.2, 0.25) is 0 Å². The minimum Gasteiger partial charge on any atom is -0.456 e. The van der Waals surface area contributed by atoms with Crippen molar-refractivity contribution in [2.75, 3.05) is 0 Å². The number of hydrogen-bond donors (Lipinski definition) is 0. The average molecular weight is 1040 g/mol. The SMILES string of the molecule is [U+2].[c-]1ccccc1-c1[c-]c(-c2ccc(C(c3ccc(-c4ccc(-c5ccccc5)cc4)cc3)c3ccc4c(c3)oc3cc(-n5c6ccccc6c6ccccc65)ccc34)cc2)ccc1. The van der Waals surface area contributed by atoms with E-state index in [2.05, 4.69) is 229 Å². The minimum atomic E-state index is -0.0337. The van der Waals surface area contributed by atoms with Crippen LogP contribution in [0.4, 0.5) is 0 Å². The molecule has 64 heavy (non-hydrogen) atoms. The Morgan fingerprint density at radius 1 is 0.359 bits per heavy atom. The van der Waals surface area contributed by atoms with Crippen molar-refractivity contribution in [1.29, 1.82) is 0 Å². The summed E-state index contributed by atoms with van der Waals surface area (Å²) in [5, 5.41) is 4.70. The molecule has 3 heteroatoms. The van der Waals surface area contributed by atoms with Crippen LogP contribution >= 0.6 is 0 Å². The van der Waals surface area contributed by atoms with Gasteiger partial charge in [-0.2, -0.15) is 42.0 Å². The minimum absolute atomic E-state index is 0. The Morgan fingerprint density at radius 3 is 1.50 bits per heavy atom. The molecule has 10 aromatic carbocycles. The molecule has 2 aromatic heterocycles. The maximum Gasteiger partial charge on any atom is 2.00 e. The molecule has 12 rings (SSSR count). The van der Waals surface area contributed by atoms with Crippen LogP contribution in [0.3, 0.4) is 0 Å². The van der Waals surface area contributed by atoms with Crippen LogP contribution in [-0.2, 0) is 0 Å². The van der Waals surface area contributed by atoms with Crippen molar-refractivity contribution in [2.24, 2.45) is 0 Å². The molecule has 0 bridgehead atoms. The Balaban J connectivity index is 0.00000456. The molecule has 2 heterocycles. The van der Waals surface area contributed by atoms with Crippen molar-refractivity contribution in [2.45, 2.75) is 5.92 Å². The molecule has 0 radical (unpaired) electrons. The monoisotopic (exact) mass is 1040 g/mol. The van der Waals surface area contributed by atoms with Crippen LogP contribution in [-0.4, -0.2) is 4.57 Å². The van der Waals surface area contributed by atoms with E-state index in [1.807, 2.05) is 18.2 Å². The largest absolute Gasteiger partial charge is 2.00 e. The number of fused-ring (bicyclic) bond motifs is 6. The number of benzene rings is 10. The fourth-order valence-electron chi connectivity index (χ4n) is 9.44. The number of para-hydroxylation sites is 2. The van der Waals surface area contributed by atoms with Gasteiger partial charge in [-0.3, -0.25) is 0 Å². The van der Waals surface area contributed by atoms with Crippen molar-refractivity contribution in [3.63, 3.8) is 0 Å². The van der Waals surface area contributed by atoms with E-state index in [1.165, 1.54) is 60.8 Å². The molecule has 1 atom stereocenters. The van der Waals surface area contributed by atoms with Gasteiger partial charge in [0.1, 0.15) is 11.2 Å². The van der Waals surface area contributed by atoms with E-state index in [0.29, 0.717) is 0 Å². The van der Waals surface area contributed by atoms with Gasteiger partial charge in [0.05, 0.1) is 11.0 Å². The molecule has 0 saturated carbocycles. The van der Waals surface area contributed by atoms with Crippen molar-refractivity contribution < 1.29 is 35.5 Å². The zero-order chi connectivity index (χ0) is 41.7. The maximum absolute atomic E-state index is 6.80. The molecule has 0 aliphatic rings. The predicted molar refractivity (Wildman–Crippen MR) is 261 cm³/mol. The Kier molecular flexibility index (Phi) is 10.5. The number of hydrogen-bond acceptors (Lipinski definition) is 1. The van der Waals surface area contributed by atoms with Gasteiger partial charge in [0.2, 0.25) is 0 Å². The van der Waals surface area contributed by atoms with Gasteiger partial charge in [0.25, 0.3) is 0 Å². The zero-order valence-electron chi connectivity index (χ0n) is 34.9. The Labute approximate surface area is 396 Å². The van der Waals surface area contributed by atoms with Gasteiger partial charge in [-0.1, -0.05) is 157 Å². The molecule has 1 unspecified atom stereocenters. The number of rotatable bonds is 8. The molecule has 0 amide bonds. The summed E-state index contributed by atoms with van der Waals surface area (Å²) in [6.07, 6.45) is 0. The maximum atomic E-state index is 6.80. The normalized spacial score (nSPS) is 11.9. The summed E-state index contributed by atoms with van der Waals surface area (Å²) in [6.45, 7) is 0. The van der Waals surface area contributed by atoms with Gasteiger partial charge < -0.3 is 8.98 Å². The van der Waals surface area contributed by atoms with Gasteiger partial charge in [0, 0.05) is 39.2 Å². The third-order valence-corrected chi connectivity index (χ3v) is 12.6. The summed E-state index contributed by atoms with van der Waals surface area (Å²) in [7, 11) is 0. The summed E-state index contributed by atoms with van der Waals surface area (Å²) >= 11 is 0. The molecule has 2 nitrogen and oxygen atoms in total. The summed E-state index contributed by atoms with van der Waals surface area (Å²) in [4.78, 5) is 0. The molecule has 0 fully saturated rings. The topological polar surface area (TPSA) is 18.1 Å². The van der Waals surface area contributed by atoms with Crippen LogP contribution in [0.15, 0.2) is 235 Å². The first kappa shape index (κ1) is 39.7. The van der Waals surface area contributed by atoms with E-state index in [4.69, 9.17) is 4.42 Å². The molecule has 0 spiro atoms. The Bertz CT molecular complexity index is 3530. The van der Waals surface area contributed by atoms with Gasteiger partial charge in [-0.05, 0) is 69.3 Å². The molecule has 298 valence electrons. The van der Waals surface area contributed by atoms with Gasteiger partial charge in [-0.15, -0.1) is 23.8 Å². The second-order valence-corrected chi connectivity index (χ2v) is 16.3. The quantitative estimate of drug-likeness (QED) is 0.110. The number of nitrogens with zero attached hydrogens (tertiary/aromatic N) is 1. The molecular formula is C61H39NOU. The van der Waals surface area contributed by atoms with E-state index < -0.39 is 0 Å². The second-order valence-electron chi connectivity index (χ2n) is 16.3. The van der Waals surface area contributed by atoms with E-state index in [9.17, 15) is 0 Å². The molecule has 0 aliphatic carbocycles. The first-order valence-corrected chi connectivity index (χ1v) is 21.5. The molecule has 0 saturated heterocycles. The fourth-order valence-corrected chi connectivity index (χ4v) is 9.44. The van der Waals surface area contributed by atoms with Crippen molar-refractivity contribution >= 4 is 43.7 Å². The second kappa shape index (κ2) is 16.9. The van der Waals surface area contributed by atoms with E-state index >= 15 is 0 Å². The van der Waals surface area contributed by atoms with Crippen LogP contribution in [0.5, 0.6) is 0 Å². The Morgan fingerprint density at radius 2 is 0.859 bits per heavy atom. The first-order valence-electron chi connectivity index (χ1n) is 21.5. The van der Waals surface area contributed by atoms with Crippen molar-refractivity contribution in [1.82, 2.24) is 4.57 Å². The van der Waals surface area contributed by atoms with E-state index in [1.54, 1.807) is 0 Å². The standard InChI is InChI=1S/C61H39NO.U/c1-3-12-41(13-4-1)43-22-24-44(25-23-43)45-26-30-47(31-27-45)61(48-32-28-46(29-33-48)50-17-11-16-49(38-50)42-14-5-2-6-15-42)51-34-36-55-56-37-35-52(40-60(56)63-59(55)39-51)62-57-20-9-7-18-53(57)54-19-8-10-21-58(54)62;/h1-14,16-37,39-40,61H;/q-2;+2. The van der Waals surface area contributed by atoms with Gasteiger partial charge in [0.15, 0.2) is 0 Å². The van der Waals surface area contributed by atoms with Crippen LogP contribution in [0.1, 0.15) is 22.6 Å². The number of aromatic nitrogens is 1. The molecular weight excluding hydrogens is 1000 g/mol. The third-order valence-electron chi connectivity index (χ3n) is 12.6. The summed E-state index contributed by atoms with van der Waals surface area (Å²) < 4.78 is 9.15. The van der Waals surface area contributed by atoms with E-state index in [0.717, 1.165) is 49.9 Å². The van der Waals surface area contributed by atoms with Crippen molar-refractivity contribution in [3.05, 3.63) is 259 Å². The first-order chi connectivity index (χ1) is 31.2. The molecule has 12 aromatic rings. The third kappa shape index (κ3) is 7.18. The van der Waals surface area contributed by atoms with Gasteiger partial charge in [-0.25, -0.2) is 5.56 Å². The van der Waals surface area contributed by atoms with Crippen molar-refractivity contribution in [3.8, 4) is 50.2 Å². The number of furan rings is 1. The average Bonchev–Trinajstić information content (AvgIpc) is 3.90. The zero-order valence-corrected chi connectivity index (χ0v) is 39.0. The van der Waals surface area contributed by atoms with Crippen LogP contribution in [0.25, 0.3) is 93.9 Å². The smallest absolute Gasteiger partial charge is 0.456 e.